The quantitative estimate of drug-likeness (QED) is 0.241. The predicted molar refractivity (Wildman–Crippen MR) is 138 cm³/mol. The van der Waals surface area contributed by atoms with Crippen LogP contribution in [0, 0.1) is 10.1 Å². The van der Waals surface area contributed by atoms with Crippen LogP contribution in [0.2, 0.25) is 5.02 Å². The number of nitrogens with one attached hydrogen (secondary N) is 1. The zero-order chi connectivity index (χ0) is 25.2. The third kappa shape index (κ3) is 4.70. The number of nitro benzene ring substituents is 1. The van der Waals surface area contributed by atoms with E-state index in [4.69, 9.17) is 20.8 Å². The number of non-ortho nitro benzene ring substituents is 1. The third-order valence-electron chi connectivity index (χ3n) is 6.18. The van der Waals surface area contributed by atoms with Gasteiger partial charge in [-0.25, -0.2) is 4.98 Å². The zero-order valence-electron chi connectivity index (χ0n) is 19.5. The molecule has 1 saturated heterocycles. The Morgan fingerprint density at radius 1 is 1.11 bits per heavy atom. The number of hydrogen-bond acceptors (Lipinski definition) is 7. The Kier molecular flexibility index (Phi) is 6.47. The molecule has 0 spiro atoms. The monoisotopic (exact) mass is 506 g/mol. The maximum Gasteiger partial charge on any atom is 0.270 e. The van der Waals surface area contributed by atoms with Crippen LogP contribution in [0.15, 0.2) is 59.0 Å². The van der Waals surface area contributed by atoms with E-state index in [-0.39, 0.29) is 11.3 Å². The van der Waals surface area contributed by atoms with Gasteiger partial charge in [-0.15, -0.1) is 0 Å². The molecule has 0 bridgehead atoms. The summed E-state index contributed by atoms with van der Waals surface area (Å²) in [6.07, 6.45) is 3.17. The zero-order valence-corrected chi connectivity index (χ0v) is 20.2. The molecule has 1 fully saturated rings. The van der Waals surface area contributed by atoms with Crippen molar-refractivity contribution in [1.29, 1.82) is 0 Å². The van der Waals surface area contributed by atoms with E-state index in [0.717, 1.165) is 32.4 Å². The summed E-state index contributed by atoms with van der Waals surface area (Å²) in [5.41, 5.74) is 3.10. The van der Waals surface area contributed by atoms with Crippen LogP contribution >= 0.6 is 11.6 Å². The van der Waals surface area contributed by atoms with Gasteiger partial charge >= 0.3 is 0 Å². The first-order chi connectivity index (χ1) is 17.4. The number of methoxy groups -OCH3 is 1. The number of rotatable bonds is 6. The second kappa shape index (κ2) is 9.87. The number of fused-ring (bicyclic) bond motifs is 1. The van der Waals surface area contributed by atoms with Gasteiger partial charge in [-0.1, -0.05) is 11.6 Å². The third-order valence-corrected chi connectivity index (χ3v) is 6.47. The van der Waals surface area contributed by atoms with Crippen LogP contribution in [0.1, 0.15) is 29.6 Å². The van der Waals surface area contributed by atoms with Crippen molar-refractivity contribution in [1.82, 2.24) is 4.98 Å². The lowest BCUT2D eigenvalue weighted by Crippen LogP contribution is -2.31. The number of piperidine rings is 1. The standard InChI is InChI=1S/C26H23ClN4O5/c1-35-23-9-5-16(13-20(23)27)26-29-21-14-17(6-10-24(21)36-26)28-25(32)19-15-18(31(33)34)7-8-22(19)30-11-3-2-4-12-30/h5-10,13-15H,2-4,11-12H2,1H3,(H,28,32). The highest BCUT2D eigenvalue weighted by Crippen LogP contribution is 2.33. The average molecular weight is 507 g/mol. The summed E-state index contributed by atoms with van der Waals surface area (Å²) in [5, 5.41) is 14.7. The SMILES string of the molecule is COc1ccc(-c2nc3cc(NC(=O)c4cc([N+](=O)[O-])ccc4N4CCCCC4)ccc3o2)cc1Cl. The summed E-state index contributed by atoms with van der Waals surface area (Å²) >= 11 is 6.23. The van der Waals surface area contributed by atoms with E-state index in [9.17, 15) is 14.9 Å². The molecule has 0 atom stereocenters. The van der Waals surface area contributed by atoms with Gasteiger partial charge in [0, 0.05) is 36.5 Å². The van der Waals surface area contributed by atoms with Gasteiger partial charge in [0.15, 0.2) is 5.58 Å². The Morgan fingerprint density at radius 3 is 2.64 bits per heavy atom. The Labute approximate surface area is 211 Å². The summed E-state index contributed by atoms with van der Waals surface area (Å²) < 4.78 is 11.1. The van der Waals surface area contributed by atoms with E-state index in [1.165, 1.54) is 12.1 Å². The molecule has 1 aromatic heterocycles. The van der Waals surface area contributed by atoms with Gasteiger partial charge in [0.25, 0.3) is 11.6 Å². The molecule has 1 aliphatic rings. The van der Waals surface area contributed by atoms with Crippen molar-refractivity contribution >= 4 is 45.7 Å². The molecule has 10 heteroatoms. The second-order valence-electron chi connectivity index (χ2n) is 8.51. The number of oxazole rings is 1. The van der Waals surface area contributed by atoms with E-state index in [1.807, 2.05) is 0 Å². The molecule has 1 aliphatic heterocycles. The number of hydrogen-bond donors (Lipinski definition) is 1. The molecule has 0 saturated carbocycles. The average Bonchev–Trinajstić information content (AvgIpc) is 3.32. The molecule has 2 heterocycles. The fourth-order valence-corrected chi connectivity index (χ4v) is 4.61. The molecule has 1 N–H and O–H groups in total. The molecule has 1 amide bonds. The molecule has 0 radical (unpaired) electrons. The van der Waals surface area contributed by atoms with Gasteiger partial charge in [0.05, 0.1) is 28.3 Å². The van der Waals surface area contributed by atoms with Crippen LogP contribution in [0.5, 0.6) is 5.75 Å². The molecule has 3 aromatic carbocycles. The van der Waals surface area contributed by atoms with E-state index in [0.29, 0.717) is 44.7 Å². The molecule has 9 nitrogen and oxygen atoms in total. The normalized spacial score (nSPS) is 13.6. The minimum absolute atomic E-state index is 0.129. The number of ether oxygens (including phenoxy) is 1. The lowest BCUT2D eigenvalue weighted by Gasteiger charge is -2.30. The van der Waals surface area contributed by atoms with E-state index in [1.54, 1.807) is 49.6 Å². The Morgan fingerprint density at radius 2 is 1.92 bits per heavy atom. The van der Waals surface area contributed by atoms with Crippen molar-refractivity contribution in [3.63, 3.8) is 0 Å². The number of benzene rings is 3. The number of halogens is 1. The molecule has 5 rings (SSSR count). The summed E-state index contributed by atoms with van der Waals surface area (Å²) in [6, 6.07) is 14.8. The van der Waals surface area contributed by atoms with Crippen LogP contribution in [-0.4, -0.2) is 36.0 Å². The van der Waals surface area contributed by atoms with Crippen molar-refractivity contribution in [3.8, 4) is 17.2 Å². The molecule has 0 aliphatic carbocycles. The molecule has 0 unspecified atom stereocenters. The van der Waals surface area contributed by atoms with E-state index >= 15 is 0 Å². The first-order valence-electron chi connectivity index (χ1n) is 11.5. The first kappa shape index (κ1) is 23.6. The predicted octanol–water partition coefficient (Wildman–Crippen LogP) is 6.31. The van der Waals surface area contributed by atoms with Gasteiger partial charge in [-0.05, 0) is 61.7 Å². The number of aromatic nitrogens is 1. The van der Waals surface area contributed by atoms with Gasteiger partial charge in [-0.3, -0.25) is 14.9 Å². The second-order valence-corrected chi connectivity index (χ2v) is 8.92. The first-order valence-corrected chi connectivity index (χ1v) is 11.9. The van der Waals surface area contributed by atoms with Gasteiger partial charge in [-0.2, -0.15) is 0 Å². The van der Waals surface area contributed by atoms with Crippen molar-refractivity contribution in [2.75, 3.05) is 30.4 Å². The minimum Gasteiger partial charge on any atom is -0.495 e. The number of amides is 1. The van der Waals surface area contributed by atoms with Crippen molar-refractivity contribution in [2.24, 2.45) is 0 Å². The Bertz CT molecular complexity index is 1460. The number of carbonyl (C=O) groups is 1. The summed E-state index contributed by atoms with van der Waals surface area (Å²) in [4.78, 5) is 30.8. The minimum atomic E-state index is -0.495. The Hall–Kier alpha value is -4.11. The highest BCUT2D eigenvalue weighted by molar-refractivity contribution is 6.32. The summed E-state index contributed by atoms with van der Waals surface area (Å²) in [6.45, 7) is 1.61. The van der Waals surface area contributed by atoms with E-state index in [2.05, 4.69) is 15.2 Å². The molecular formula is C26H23ClN4O5. The van der Waals surface area contributed by atoms with Crippen LogP contribution in [0.4, 0.5) is 17.1 Å². The number of nitrogens with zero attached hydrogens (tertiary/aromatic N) is 3. The fraction of sp³-hybridized carbons (Fsp3) is 0.231. The summed E-state index contributed by atoms with van der Waals surface area (Å²) in [5.74, 6) is 0.500. The lowest BCUT2D eigenvalue weighted by atomic mass is 10.1. The van der Waals surface area contributed by atoms with Crippen LogP contribution < -0.4 is 15.0 Å². The van der Waals surface area contributed by atoms with Crippen molar-refractivity contribution in [3.05, 3.63) is 75.3 Å². The largest absolute Gasteiger partial charge is 0.495 e. The Balaban J connectivity index is 1.43. The molecule has 184 valence electrons. The molecular weight excluding hydrogens is 484 g/mol. The van der Waals surface area contributed by atoms with Crippen molar-refractivity contribution < 1.29 is 18.9 Å². The maximum atomic E-state index is 13.3. The highest BCUT2D eigenvalue weighted by atomic mass is 35.5. The number of anilines is 2. The fourth-order valence-electron chi connectivity index (χ4n) is 4.36. The molecule has 36 heavy (non-hydrogen) atoms. The van der Waals surface area contributed by atoms with Crippen molar-refractivity contribution in [2.45, 2.75) is 19.3 Å². The van der Waals surface area contributed by atoms with Gasteiger partial charge < -0.3 is 19.4 Å². The van der Waals surface area contributed by atoms with Crippen LogP contribution in [0.3, 0.4) is 0 Å². The smallest absolute Gasteiger partial charge is 0.270 e. The highest BCUT2D eigenvalue weighted by Gasteiger charge is 2.22. The van der Waals surface area contributed by atoms with Crippen LogP contribution in [-0.2, 0) is 0 Å². The topological polar surface area (TPSA) is 111 Å². The molecule has 4 aromatic rings. The summed E-state index contributed by atoms with van der Waals surface area (Å²) in [7, 11) is 1.54. The van der Waals surface area contributed by atoms with E-state index < -0.39 is 10.8 Å². The van der Waals surface area contributed by atoms with Gasteiger partial charge in [0.2, 0.25) is 5.89 Å². The van der Waals surface area contributed by atoms with Crippen LogP contribution in [0.25, 0.3) is 22.6 Å². The number of carbonyl (C=O) groups excluding carboxylic acids is 1. The van der Waals surface area contributed by atoms with Gasteiger partial charge in [0.1, 0.15) is 11.3 Å². The maximum absolute atomic E-state index is 13.3. The number of nitro groups is 1. The lowest BCUT2D eigenvalue weighted by molar-refractivity contribution is -0.384.